The van der Waals surface area contributed by atoms with E-state index in [0.717, 1.165) is 11.4 Å². The molecule has 0 aromatic heterocycles. The van der Waals surface area contributed by atoms with Crippen LogP contribution in [-0.4, -0.2) is 48.3 Å². The molecule has 0 spiro atoms. The predicted octanol–water partition coefficient (Wildman–Crippen LogP) is 3.53. The van der Waals surface area contributed by atoms with Crippen molar-refractivity contribution in [1.29, 1.82) is 0 Å². The van der Waals surface area contributed by atoms with Gasteiger partial charge in [-0.15, -0.1) is 0 Å². The fourth-order valence-electron chi connectivity index (χ4n) is 3.41. The summed E-state index contributed by atoms with van der Waals surface area (Å²) in [4.78, 5) is 17.6. The number of nitrogens with zero attached hydrogens (tertiary/aromatic N) is 2. The minimum absolute atomic E-state index is 0.0656. The van der Waals surface area contributed by atoms with Gasteiger partial charge in [-0.05, 0) is 42.5 Å². The first-order valence-corrected chi connectivity index (χ1v) is 11.1. The Morgan fingerprint density at radius 3 is 2.52 bits per heavy atom. The molecule has 6 nitrogen and oxygen atoms in total. The van der Waals surface area contributed by atoms with Gasteiger partial charge in [0, 0.05) is 37.4 Å². The summed E-state index contributed by atoms with van der Waals surface area (Å²) in [6.45, 7) is 9.95. The molecule has 0 saturated carbocycles. The lowest BCUT2D eigenvalue weighted by Gasteiger charge is -2.36. The molecule has 162 valence electrons. The van der Waals surface area contributed by atoms with Crippen LogP contribution < -0.4 is 14.4 Å². The molecule has 7 heteroatoms. The molecule has 0 aliphatic carbocycles. The van der Waals surface area contributed by atoms with Crippen LogP contribution in [0.4, 0.5) is 5.69 Å². The van der Waals surface area contributed by atoms with E-state index < -0.39 is 11.0 Å². The van der Waals surface area contributed by atoms with Gasteiger partial charge in [-0.25, -0.2) is 4.21 Å². The molecule has 1 heterocycles. The van der Waals surface area contributed by atoms with E-state index in [4.69, 9.17) is 4.74 Å². The number of ether oxygens (including phenoxy) is 1. The lowest BCUT2D eigenvalue weighted by molar-refractivity contribution is 0.0746. The van der Waals surface area contributed by atoms with Gasteiger partial charge in [-0.1, -0.05) is 37.4 Å². The van der Waals surface area contributed by atoms with E-state index in [1.807, 2.05) is 29.2 Å². The highest BCUT2D eigenvalue weighted by Gasteiger charge is 2.24. The minimum Gasteiger partial charge on any atom is -0.495 e. The van der Waals surface area contributed by atoms with Gasteiger partial charge < -0.3 is 19.3 Å². The number of carbonyl (C=O) groups is 1. The van der Waals surface area contributed by atoms with Crippen LogP contribution >= 0.6 is 0 Å². The Hall–Kier alpha value is -3.32. The molecule has 31 heavy (non-hydrogen) atoms. The summed E-state index contributed by atoms with van der Waals surface area (Å²) >= 11 is 0. The highest BCUT2D eigenvalue weighted by molar-refractivity contribution is 7.83. The molecular formula is C24H27N3O3S. The minimum atomic E-state index is -1.51. The third-order valence-electron chi connectivity index (χ3n) is 5.02. The second-order valence-corrected chi connectivity index (χ2v) is 8.12. The number of benzene rings is 2. The highest BCUT2D eigenvalue weighted by Crippen LogP contribution is 2.28. The Labute approximate surface area is 186 Å². The van der Waals surface area contributed by atoms with Crippen molar-refractivity contribution >= 4 is 22.6 Å². The third kappa shape index (κ3) is 5.44. The van der Waals surface area contributed by atoms with Gasteiger partial charge in [0.25, 0.3) is 5.91 Å². The zero-order valence-corrected chi connectivity index (χ0v) is 18.4. The molecule has 1 aliphatic heterocycles. The summed E-state index contributed by atoms with van der Waals surface area (Å²) in [6.07, 6.45) is 4.84. The van der Waals surface area contributed by atoms with Gasteiger partial charge in [0.05, 0.1) is 17.7 Å². The van der Waals surface area contributed by atoms with E-state index in [9.17, 15) is 9.00 Å². The zero-order valence-electron chi connectivity index (χ0n) is 17.6. The normalized spacial score (nSPS) is 15.2. The molecule has 1 unspecified atom stereocenters. The van der Waals surface area contributed by atoms with Crippen LogP contribution in [0.3, 0.4) is 0 Å². The van der Waals surface area contributed by atoms with Crippen molar-refractivity contribution in [2.24, 2.45) is 0 Å². The second kappa shape index (κ2) is 10.6. The average Bonchev–Trinajstić information content (AvgIpc) is 2.83. The van der Waals surface area contributed by atoms with Crippen LogP contribution in [0.25, 0.3) is 0 Å². The van der Waals surface area contributed by atoms with Gasteiger partial charge >= 0.3 is 0 Å². The van der Waals surface area contributed by atoms with E-state index in [1.165, 1.54) is 0 Å². The van der Waals surface area contributed by atoms with Gasteiger partial charge in [-0.2, -0.15) is 0 Å². The first-order chi connectivity index (χ1) is 15.1. The quantitative estimate of drug-likeness (QED) is 0.642. The van der Waals surface area contributed by atoms with Gasteiger partial charge in [0.2, 0.25) is 0 Å². The van der Waals surface area contributed by atoms with Crippen LogP contribution in [0.15, 0.2) is 90.5 Å². The van der Waals surface area contributed by atoms with Crippen LogP contribution in [0.5, 0.6) is 5.75 Å². The van der Waals surface area contributed by atoms with Gasteiger partial charge in [0.1, 0.15) is 16.7 Å². The Morgan fingerprint density at radius 2 is 1.84 bits per heavy atom. The SMILES string of the molecule is C=C/C=C(\C=C)NS(=O)c1cccc(C(=O)N2CCN(c3ccccc3OC)CC2)c1. The van der Waals surface area contributed by atoms with Crippen LogP contribution in [0, 0.1) is 0 Å². The third-order valence-corrected chi connectivity index (χ3v) is 6.12. The van der Waals surface area contributed by atoms with E-state index in [-0.39, 0.29) is 5.91 Å². The maximum atomic E-state index is 13.0. The van der Waals surface area contributed by atoms with Crippen LogP contribution in [0.2, 0.25) is 0 Å². The van der Waals surface area contributed by atoms with E-state index in [2.05, 4.69) is 22.8 Å². The Bertz CT molecular complexity index is 1010. The summed E-state index contributed by atoms with van der Waals surface area (Å²) in [7, 11) is 0.151. The number of rotatable bonds is 8. The second-order valence-electron chi connectivity index (χ2n) is 6.91. The summed E-state index contributed by atoms with van der Waals surface area (Å²) in [5, 5.41) is 0. The smallest absolute Gasteiger partial charge is 0.254 e. The number of anilines is 1. The number of nitrogens with one attached hydrogen (secondary N) is 1. The van der Waals surface area contributed by atoms with Crippen molar-refractivity contribution < 1.29 is 13.7 Å². The Balaban J connectivity index is 1.67. The van der Waals surface area contributed by atoms with E-state index >= 15 is 0 Å². The molecule has 2 aromatic rings. The topological polar surface area (TPSA) is 61.9 Å². The van der Waals surface area contributed by atoms with E-state index in [1.54, 1.807) is 49.6 Å². The molecular weight excluding hydrogens is 410 g/mol. The monoisotopic (exact) mass is 437 g/mol. The molecule has 2 aromatic carbocycles. The number of hydrogen-bond acceptors (Lipinski definition) is 4. The van der Waals surface area contributed by atoms with Crippen molar-refractivity contribution in [2.45, 2.75) is 4.90 Å². The molecule has 1 amide bonds. The Kier molecular flexibility index (Phi) is 7.67. The van der Waals surface area contributed by atoms with E-state index in [0.29, 0.717) is 42.3 Å². The van der Waals surface area contributed by atoms with Crippen molar-refractivity contribution in [1.82, 2.24) is 9.62 Å². The summed E-state index contributed by atoms with van der Waals surface area (Å²) in [5.74, 6) is 0.762. The Morgan fingerprint density at radius 1 is 1.10 bits per heavy atom. The molecule has 1 saturated heterocycles. The summed E-state index contributed by atoms with van der Waals surface area (Å²) < 4.78 is 21.0. The summed E-state index contributed by atoms with van der Waals surface area (Å²) in [6, 6.07) is 14.8. The maximum Gasteiger partial charge on any atom is 0.254 e. The average molecular weight is 438 g/mol. The van der Waals surface area contributed by atoms with Gasteiger partial charge in [-0.3, -0.25) is 4.79 Å². The number of carbonyl (C=O) groups excluding carboxylic acids is 1. The van der Waals surface area contributed by atoms with Crippen LogP contribution in [-0.2, 0) is 11.0 Å². The fourth-order valence-corrected chi connectivity index (χ4v) is 4.32. The van der Waals surface area contributed by atoms with Crippen molar-refractivity contribution in [3.63, 3.8) is 0 Å². The number of hydrogen-bond donors (Lipinski definition) is 1. The lowest BCUT2D eigenvalue weighted by Crippen LogP contribution is -2.48. The number of methoxy groups -OCH3 is 1. The lowest BCUT2D eigenvalue weighted by atomic mass is 10.1. The molecule has 1 atom stereocenters. The molecule has 0 bridgehead atoms. The largest absolute Gasteiger partial charge is 0.495 e. The predicted molar refractivity (Wildman–Crippen MR) is 126 cm³/mol. The number of amides is 1. The molecule has 3 rings (SSSR count). The number of para-hydroxylation sites is 2. The zero-order chi connectivity index (χ0) is 22.2. The highest BCUT2D eigenvalue weighted by atomic mass is 32.2. The number of piperazine rings is 1. The molecule has 1 fully saturated rings. The van der Waals surface area contributed by atoms with Crippen molar-refractivity contribution in [3.05, 3.63) is 91.2 Å². The number of allylic oxidation sites excluding steroid dienone is 3. The molecule has 1 aliphatic rings. The van der Waals surface area contributed by atoms with Crippen molar-refractivity contribution in [2.75, 3.05) is 38.2 Å². The van der Waals surface area contributed by atoms with Gasteiger partial charge in [0.15, 0.2) is 0 Å². The molecule has 0 radical (unpaired) electrons. The summed E-state index contributed by atoms with van der Waals surface area (Å²) in [5.41, 5.74) is 2.15. The fraction of sp³-hybridized carbons (Fsp3) is 0.208. The first kappa shape index (κ1) is 22.4. The van der Waals surface area contributed by atoms with Crippen LogP contribution in [0.1, 0.15) is 10.4 Å². The maximum absolute atomic E-state index is 13.0. The standard InChI is InChI=1S/C24H27N3O3S/c1-4-9-20(5-2)25-31(29)21-11-8-10-19(18-21)24(28)27-16-14-26(15-17-27)22-12-6-7-13-23(22)30-3/h4-13,18,25H,1-2,14-17H2,3H3/b20-9+. The molecule has 1 N–H and O–H groups in total. The van der Waals surface area contributed by atoms with Crippen molar-refractivity contribution in [3.8, 4) is 5.75 Å². The first-order valence-electron chi connectivity index (χ1n) is 9.98.